The molecule has 0 saturated heterocycles. The molecule has 1 aliphatic heterocycles. The van der Waals surface area contributed by atoms with Crippen molar-refractivity contribution in [1.29, 1.82) is 0 Å². The molecule has 0 radical (unpaired) electrons. The fourth-order valence-corrected chi connectivity index (χ4v) is 4.21. The number of halogens is 6. The number of rotatable bonds is 8. The van der Waals surface area contributed by atoms with Crippen molar-refractivity contribution < 1.29 is 40.7 Å². The summed E-state index contributed by atoms with van der Waals surface area (Å²) in [7, 11) is 1.39. The summed E-state index contributed by atoms with van der Waals surface area (Å²) in [6, 6.07) is 15.1. The van der Waals surface area contributed by atoms with E-state index in [0.717, 1.165) is 0 Å². The van der Waals surface area contributed by atoms with Crippen molar-refractivity contribution in [1.82, 2.24) is 5.32 Å². The summed E-state index contributed by atoms with van der Waals surface area (Å²) in [5, 5.41) is 2.17. The Morgan fingerprint density at radius 1 is 0.974 bits per heavy atom. The third-order valence-electron chi connectivity index (χ3n) is 6.05. The number of nitrogens with zero attached hydrogens (tertiary/aromatic N) is 2. The summed E-state index contributed by atoms with van der Waals surface area (Å²) in [4.78, 5) is 43.8. The fraction of sp³-hybridized carbons (Fsp3) is 0.360. The molecule has 7 nitrogen and oxygen atoms in total. The van der Waals surface area contributed by atoms with Crippen LogP contribution in [0.15, 0.2) is 59.6 Å². The van der Waals surface area contributed by atoms with Gasteiger partial charge in [0.15, 0.2) is 0 Å². The molecule has 0 fully saturated rings. The Morgan fingerprint density at radius 2 is 1.58 bits per heavy atom. The van der Waals surface area contributed by atoms with Gasteiger partial charge in [0.05, 0.1) is 29.7 Å². The van der Waals surface area contributed by atoms with E-state index in [0.29, 0.717) is 16.8 Å². The van der Waals surface area contributed by atoms with E-state index in [9.17, 15) is 40.7 Å². The van der Waals surface area contributed by atoms with Crippen molar-refractivity contribution in [3.05, 3.63) is 65.7 Å². The minimum Gasteiger partial charge on any atom is -0.369 e. The van der Waals surface area contributed by atoms with E-state index < -0.39 is 67.3 Å². The summed E-state index contributed by atoms with van der Waals surface area (Å²) >= 11 is 0. The van der Waals surface area contributed by atoms with Crippen LogP contribution in [0.2, 0.25) is 0 Å². The smallest absolute Gasteiger partial charge is 0.369 e. The minimum absolute atomic E-state index is 0.262. The normalized spacial score (nSPS) is 17.7. The first-order chi connectivity index (χ1) is 17.7. The second-order valence-corrected chi connectivity index (χ2v) is 8.76. The largest absolute Gasteiger partial charge is 0.389 e. The van der Waals surface area contributed by atoms with E-state index in [-0.39, 0.29) is 5.71 Å². The first kappa shape index (κ1) is 28.7. The summed E-state index contributed by atoms with van der Waals surface area (Å²) in [6.07, 6.45) is -16.2. The molecule has 1 heterocycles. The average Bonchev–Trinajstić information content (AvgIpc) is 2.93. The number of aliphatic imine (C=N–C) groups is 1. The van der Waals surface area contributed by atoms with Crippen LogP contribution in [0.4, 0.5) is 32.0 Å². The van der Waals surface area contributed by atoms with E-state index in [1.807, 2.05) is 0 Å². The maximum Gasteiger partial charge on any atom is 0.389 e. The summed E-state index contributed by atoms with van der Waals surface area (Å²) in [5.41, 5.74) is 6.81. The van der Waals surface area contributed by atoms with Gasteiger partial charge in [0.2, 0.25) is 18.0 Å². The van der Waals surface area contributed by atoms with Crippen molar-refractivity contribution in [2.45, 2.75) is 37.8 Å². The lowest BCUT2D eigenvalue weighted by Crippen LogP contribution is -2.50. The quantitative estimate of drug-likeness (QED) is 0.494. The molecule has 2 aromatic rings. The molecule has 0 spiro atoms. The molecule has 0 aromatic heterocycles. The Hall–Kier alpha value is -3.90. The van der Waals surface area contributed by atoms with Crippen LogP contribution >= 0.6 is 0 Å². The number of anilines is 1. The van der Waals surface area contributed by atoms with E-state index in [1.54, 1.807) is 54.6 Å². The SMILES string of the molecule is CN1C(=O)C(NC(=O)C(CCC(F)(F)F)C(CC(F)(F)F)C(N)=O)N=C(c2ccccc2)c2ccccc21. The maximum absolute atomic E-state index is 13.2. The second-order valence-electron chi connectivity index (χ2n) is 8.76. The molecule has 3 N–H and O–H groups in total. The number of primary amides is 1. The summed E-state index contributed by atoms with van der Waals surface area (Å²) < 4.78 is 78.2. The van der Waals surface area contributed by atoms with Crippen LogP contribution < -0.4 is 16.0 Å². The molecule has 13 heteroatoms. The lowest BCUT2D eigenvalue weighted by Gasteiger charge is -2.27. The molecule has 0 bridgehead atoms. The Balaban J connectivity index is 2.03. The number of likely N-dealkylation sites (N-methyl/N-ethyl adjacent to an activating group) is 1. The van der Waals surface area contributed by atoms with Crippen LogP contribution in [0, 0.1) is 11.8 Å². The second kappa shape index (κ2) is 11.2. The predicted molar refractivity (Wildman–Crippen MR) is 126 cm³/mol. The third kappa shape index (κ3) is 7.11. The van der Waals surface area contributed by atoms with Crippen LogP contribution in [-0.4, -0.2) is 49.0 Å². The van der Waals surface area contributed by atoms with Gasteiger partial charge >= 0.3 is 12.4 Å². The number of hydrogen-bond donors (Lipinski definition) is 2. The molecule has 3 rings (SSSR count). The Labute approximate surface area is 213 Å². The number of fused-ring (bicyclic) bond motifs is 1. The van der Waals surface area contributed by atoms with Crippen molar-refractivity contribution >= 4 is 29.1 Å². The van der Waals surface area contributed by atoms with Crippen LogP contribution in [0.25, 0.3) is 0 Å². The van der Waals surface area contributed by atoms with Crippen LogP contribution in [0.1, 0.15) is 30.4 Å². The zero-order chi connectivity index (χ0) is 28.3. The minimum atomic E-state index is -4.99. The molecule has 3 amide bonds. The molecule has 3 unspecified atom stereocenters. The molecule has 0 aliphatic carbocycles. The Morgan fingerprint density at radius 3 is 2.16 bits per heavy atom. The standard InChI is InChI=1S/C25H24F6N4O3/c1-35-18-10-6-5-9-16(18)19(14-7-3-2-4-8-14)33-21(23(35)38)34-22(37)15(11-12-24(26,27)28)17(20(32)36)13-25(29,30)31/h2-10,15,17,21H,11-13H2,1H3,(H2,32,36)(H,34,37). The predicted octanol–water partition coefficient (Wildman–Crippen LogP) is 3.96. The number of amides is 3. The van der Waals surface area contributed by atoms with Gasteiger partial charge in [-0.1, -0.05) is 48.5 Å². The first-order valence-corrected chi connectivity index (χ1v) is 11.4. The van der Waals surface area contributed by atoms with Gasteiger partial charge < -0.3 is 16.0 Å². The number of para-hydroxylation sites is 1. The molecular weight excluding hydrogens is 518 g/mol. The van der Waals surface area contributed by atoms with Gasteiger partial charge in [0, 0.05) is 24.6 Å². The highest BCUT2D eigenvalue weighted by molar-refractivity contribution is 6.20. The highest BCUT2D eigenvalue weighted by atomic mass is 19.4. The fourth-order valence-electron chi connectivity index (χ4n) is 4.21. The Bertz CT molecular complexity index is 1210. The molecule has 1 aliphatic rings. The maximum atomic E-state index is 13.2. The number of carbonyl (C=O) groups excluding carboxylic acids is 3. The van der Waals surface area contributed by atoms with E-state index in [4.69, 9.17) is 5.73 Å². The van der Waals surface area contributed by atoms with Gasteiger partial charge in [0.25, 0.3) is 5.91 Å². The summed E-state index contributed by atoms with van der Waals surface area (Å²) in [6.45, 7) is 0. The van der Waals surface area contributed by atoms with Crippen LogP contribution in [0.5, 0.6) is 0 Å². The van der Waals surface area contributed by atoms with Gasteiger partial charge in [-0.3, -0.25) is 14.4 Å². The molecule has 0 saturated carbocycles. The topological polar surface area (TPSA) is 105 Å². The number of nitrogens with two attached hydrogens (primary N) is 1. The molecule has 2 aromatic carbocycles. The number of nitrogens with one attached hydrogen (secondary N) is 1. The lowest BCUT2D eigenvalue weighted by molar-refractivity contribution is -0.164. The van der Waals surface area contributed by atoms with Crippen LogP contribution in [0.3, 0.4) is 0 Å². The number of hydrogen-bond acceptors (Lipinski definition) is 4. The highest BCUT2D eigenvalue weighted by Crippen LogP contribution is 2.34. The van der Waals surface area contributed by atoms with Gasteiger partial charge in [-0.2, -0.15) is 26.3 Å². The van der Waals surface area contributed by atoms with Gasteiger partial charge in [-0.15, -0.1) is 0 Å². The third-order valence-corrected chi connectivity index (χ3v) is 6.05. The van der Waals surface area contributed by atoms with Gasteiger partial charge in [-0.05, 0) is 12.5 Å². The molecule has 204 valence electrons. The van der Waals surface area contributed by atoms with E-state index >= 15 is 0 Å². The number of benzodiazepines with no additional fused rings is 1. The highest BCUT2D eigenvalue weighted by Gasteiger charge is 2.44. The van der Waals surface area contributed by atoms with Crippen molar-refractivity contribution in [2.24, 2.45) is 22.6 Å². The number of alkyl halides is 6. The Kier molecular flexibility index (Phi) is 8.48. The van der Waals surface area contributed by atoms with Gasteiger partial charge in [-0.25, -0.2) is 4.99 Å². The molecule has 38 heavy (non-hydrogen) atoms. The van der Waals surface area contributed by atoms with E-state index in [1.165, 1.54) is 11.9 Å². The monoisotopic (exact) mass is 542 g/mol. The van der Waals surface area contributed by atoms with Gasteiger partial charge in [0.1, 0.15) is 0 Å². The van der Waals surface area contributed by atoms with Crippen molar-refractivity contribution in [2.75, 3.05) is 11.9 Å². The van der Waals surface area contributed by atoms with E-state index in [2.05, 4.69) is 10.3 Å². The van der Waals surface area contributed by atoms with Crippen molar-refractivity contribution in [3.8, 4) is 0 Å². The number of benzene rings is 2. The van der Waals surface area contributed by atoms with Crippen LogP contribution in [-0.2, 0) is 14.4 Å². The summed E-state index contributed by atoms with van der Waals surface area (Å²) in [5.74, 6) is -8.16. The zero-order valence-electron chi connectivity index (χ0n) is 20.0. The molecule has 3 atom stereocenters. The number of carbonyl (C=O) groups is 3. The van der Waals surface area contributed by atoms with Crippen molar-refractivity contribution in [3.63, 3.8) is 0 Å². The first-order valence-electron chi connectivity index (χ1n) is 11.4. The lowest BCUT2D eigenvalue weighted by atomic mass is 9.84. The molecular formula is C25H24F6N4O3. The zero-order valence-corrected chi connectivity index (χ0v) is 20.0. The average molecular weight is 542 g/mol.